The summed E-state index contributed by atoms with van der Waals surface area (Å²) in [5.41, 5.74) is 1.86. The van der Waals surface area contributed by atoms with Gasteiger partial charge in [0.2, 0.25) is 5.91 Å². The van der Waals surface area contributed by atoms with E-state index >= 15 is 0 Å². The van der Waals surface area contributed by atoms with Crippen LogP contribution in [0.3, 0.4) is 0 Å². The molecule has 1 saturated carbocycles. The summed E-state index contributed by atoms with van der Waals surface area (Å²) in [6.45, 7) is 1.20. The van der Waals surface area contributed by atoms with Crippen LogP contribution in [-0.4, -0.2) is 49.3 Å². The summed E-state index contributed by atoms with van der Waals surface area (Å²) in [7, 11) is 0. The van der Waals surface area contributed by atoms with Gasteiger partial charge >= 0.3 is 0 Å². The molecule has 1 aromatic carbocycles. The van der Waals surface area contributed by atoms with E-state index in [0.717, 1.165) is 22.4 Å². The summed E-state index contributed by atoms with van der Waals surface area (Å²) in [5, 5.41) is 19.6. The number of aromatic nitrogens is 5. The molecular weight excluding hydrogens is 430 g/mol. The minimum absolute atomic E-state index is 0.0792. The second kappa shape index (κ2) is 10.0. The lowest BCUT2D eigenvalue weighted by molar-refractivity contribution is -0.122. The summed E-state index contributed by atoms with van der Waals surface area (Å²) in [4.78, 5) is 25.6. The predicted octanol–water partition coefficient (Wildman–Crippen LogP) is 2.75. The Hall–Kier alpha value is -3.75. The van der Waals surface area contributed by atoms with E-state index in [1.54, 1.807) is 4.68 Å². The van der Waals surface area contributed by atoms with Gasteiger partial charge in [-0.05, 0) is 37.0 Å². The number of hydrogen-bond donors (Lipinski definition) is 2. The summed E-state index contributed by atoms with van der Waals surface area (Å²) in [5.74, 6) is 0.993. The molecule has 3 heterocycles. The van der Waals surface area contributed by atoms with Gasteiger partial charge in [0.25, 0.3) is 5.91 Å². The van der Waals surface area contributed by atoms with Crippen molar-refractivity contribution in [2.45, 2.75) is 45.1 Å². The van der Waals surface area contributed by atoms with Crippen LogP contribution in [0.2, 0.25) is 0 Å². The van der Waals surface area contributed by atoms with Gasteiger partial charge < -0.3 is 10.6 Å². The summed E-state index contributed by atoms with van der Waals surface area (Å²) in [6, 6.07) is 13.2. The number of nitrogens with one attached hydrogen (secondary N) is 2. The summed E-state index contributed by atoms with van der Waals surface area (Å²) < 4.78 is 3.52. The molecule has 0 spiro atoms. The fourth-order valence-corrected chi connectivity index (χ4v) is 4.69. The van der Waals surface area contributed by atoms with Gasteiger partial charge in [-0.1, -0.05) is 43.5 Å². The minimum atomic E-state index is -0.272. The third kappa shape index (κ3) is 4.78. The van der Waals surface area contributed by atoms with Gasteiger partial charge in [-0.2, -0.15) is 5.10 Å². The average molecular weight is 460 g/mol. The quantitative estimate of drug-likeness (QED) is 0.421. The summed E-state index contributed by atoms with van der Waals surface area (Å²) >= 11 is 0. The Morgan fingerprint density at radius 2 is 1.79 bits per heavy atom. The zero-order chi connectivity index (χ0) is 23.3. The number of benzene rings is 1. The molecule has 0 atom stereocenters. The Bertz CT molecular complexity index is 1300. The van der Waals surface area contributed by atoms with Crippen molar-refractivity contribution in [1.29, 1.82) is 0 Å². The second-order valence-electron chi connectivity index (χ2n) is 8.88. The van der Waals surface area contributed by atoms with E-state index in [9.17, 15) is 9.59 Å². The number of amides is 2. The number of fused-ring (bicyclic) bond motifs is 2. The zero-order valence-corrected chi connectivity index (χ0v) is 19.1. The number of nitrogens with zero attached hydrogens (tertiary/aromatic N) is 5. The monoisotopic (exact) mass is 459 g/mol. The van der Waals surface area contributed by atoms with Crippen LogP contribution in [0.25, 0.3) is 16.6 Å². The van der Waals surface area contributed by atoms with Gasteiger partial charge in [0.05, 0.1) is 5.52 Å². The van der Waals surface area contributed by atoms with Gasteiger partial charge in [0.1, 0.15) is 12.4 Å². The normalized spacial score (nSPS) is 14.5. The second-order valence-corrected chi connectivity index (χ2v) is 8.88. The number of hydrogen-bond acceptors (Lipinski definition) is 5. The molecule has 0 bridgehead atoms. The van der Waals surface area contributed by atoms with Crippen molar-refractivity contribution in [2.24, 2.45) is 5.92 Å². The molecule has 9 heteroatoms. The molecule has 2 N–H and O–H groups in total. The van der Waals surface area contributed by atoms with Crippen LogP contribution in [-0.2, 0) is 17.8 Å². The predicted molar refractivity (Wildman–Crippen MR) is 128 cm³/mol. The first kappa shape index (κ1) is 22.1. The lowest BCUT2D eigenvalue weighted by Gasteiger charge is -2.21. The first-order valence-electron chi connectivity index (χ1n) is 12.0. The molecule has 176 valence electrons. The molecule has 0 aliphatic heterocycles. The van der Waals surface area contributed by atoms with Gasteiger partial charge in [-0.15, -0.1) is 10.2 Å². The molecular formula is C25H29N7O2. The van der Waals surface area contributed by atoms with Crippen LogP contribution in [0, 0.1) is 5.92 Å². The van der Waals surface area contributed by atoms with Crippen LogP contribution < -0.4 is 10.6 Å². The van der Waals surface area contributed by atoms with Crippen molar-refractivity contribution in [3.8, 4) is 0 Å². The Balaban J connectivity index is 1.23. The van der Waals surface area contributed by atoms with Crippen molar-refractivity contribution in [2.75, 3.05) is 13.1 Å². The Labute approximate surface area is 197 Å². The highest BCUT2D eigenvalue weighted by molar-refractivity contribution is 6.05. The molecule has 0 unspecified atom stereocenters. The largest absolute Gasteiger partial charge is 0.354 e. The minimum Gasteiger partial charge on any atom is -0.354 e. The molecule has 34 heavy (non-hydrogen) atoms. The van der Waals surface area contributed by atoms with Crippen LogP contribution >= 0.6 is 0 Å². The molecule has 4 aromatic rings. The molecule has 1 aliphatic rings. The fraction of sp³-hybridized carbons (Fsp3) is 0.400. The van der Waals surface area contributed by atoms with Crippen molar-refractivity contribution >= 4 is 28.4 Å². The Morgan fingerprint density at radius 3 is 2.68 bits per heavy atom. The van der Waals surface area contributed by atoms with Gasteiger partial charge in [-0.3, -0.25) is 18.7 Å². The van der Waals surface area contributed by atoms with E-state index in [4.69, 9.17) is 0 Å². The topological polar surface area (TPSA) is 106 Å². The highest BCUT2D eigenvalue weighted by Gasteiger charge is 2.19. The van der Waals surface area contributed by atoms with E-state index in [0.29, 0.717) is 31.1 Å². The van der Waals surface area contributed by atoms with Crippen LogP contribution in [0.1, 0.15) is 48.4 Å². The molecule has 1 aliphatic carbocycles. The van der Waals surface area contributed by atoms with E-state index < -0.39 is 0 Å². The molecule has 0 saturated heterocycles. The maximum absolute atomic E-state index is 13.0. The average Bonchev–Trinajstić information content (AvgIpc) is 3.45. The van der Waals surface area contributed by atoms with E-state index in [1.165, 1.54) is 32.1 Å². The number of pyridine rings is 1. The molecule has 0 radical (unpaired) electrons. The maximum atomic E-state index is 13.0. The summed E-state index contributed by atoms with van der Waals surface area (Å²) in [6.07, 6.45) is 8.59. The van der Waals surface area contributed by atoms with Crippen molar-refractivity contribution in [1.82, 2.24) is 35.0 Å². The Morgan fingerprint density at radius 1 is 0.971 bits per heavy atom. The smallest absolute Gasteiger partial charge is 0.272 e. The first-order chi connectivity index (χ1) is 16.7. The standard InChI is InChI=1S/C25H29N7O2/c33-23(27-16-18-8-2-1-3-9-18)17-32-20-11-5-4-10-19(20)24(30-32)25(34)26-14-13-22-29-28-21-12-6-7-15-31(21)22/h4-7,10-12,15,18H,1-3,8-9,13-14,16-17H2,(H,26,34)(H,27,33). The fourth-order valence-electron chi connectivity index (χ4n) is 4.69. The Kier molecular flexibility index (Phi) is 6.51. The number of rotatable bonds is 8. The maximum Gasteiger partial charge on any atom is 0.272 e. The van der Waals surface area contributed by atoms with Crippen LogP contribution in [0.15, 0.2) is 48.7 Å². The molecule has 3 aromatic heterocycles. The lowest BCUT2D eigenvalue weighted by Crippen LogP contribution is -2.33. The van der Waals surface area contributed by atoms with Gasteiger partial charge in [0.15, 0.2) is 11.3 Å². The highest BCUT2D eigenvalue weighted by atomic mass is 16.2. The third-order valence-electron chi connectivity index (χ3n) is 6.50. The van der Waals surface area contributed by atoms with Crippen molar-refractivity contribution in [3.63, 3.8) is 0 Å². The van der Waals surface area contributed by atoms with Crippen molar-refractivity contribution in [3.05, 3.63) is 60.2 Å². The first-order valence-corrected chi connectivity index (χ1v) is 12.0. The molecule has 1 fully saturated rings. The molecule has 2 amide bonds. The van der Waals surface area contributed by atoms with E-state index in [1.807, 2.05) is 53.1 Å². The number of carbonyl (C=O) groups is 2. The number of para-hydroxylation sites is 1. The SMILES string of the molecule is O=C(Cn1nc(C(=O)NCCc2nnc3ccccn23)c2ccccc21)NCC1CCCCC1. The van der Waals surface area contributed by atoms with E-state index in [-0.39, 0.29) is 18.4 Å². The highest BCUT2D eigenvalue weighted by Crippen LogP contribution is 2.23. The molecule has 9 nitrogen and oxygen atoms in total. The van der Waals surface area contributed by atoms with Gasteiger partial charge in [-0.25, -0.2) is 0 Å². The van der Waals surface area contributed by atoms with Crippen molar-refractivity contribution < 1.29 is 9.59 Å². The third-order valence-corrected chi connectivity index (χ3v) is 6.50. The van der Waals surface area contributed by atoms with E-state index in [2.05, 4.69) is 25.9 Å². The zero-order valence-electron chi connectivity index (χ0n) is 19.1. The van der Waals surface area contributed by atoms with Gasteiger partial charge in [0, 0.05) is 31.1 Å². The lowest BCUT2D eigenvalue weighted by atomic mass is 9.89. The van der Waals surface area contributed by atoms with Crippen LogP contribution in [0.4, 0.5) is 0 Å². The molecule has 5 rings (SSSR count). The number of carbonyl (C=O) groups excluding carboxylic acids is 2. The van der Waals surface area contributed by atoms with Crippen LogP contribution in [0.5, 0.6) is 0 Å².